The quantitative estimate of drug-likeness (QED) is 0.808. The lowest BCUT2D eigenvalue weighted by Gasteiger charge is -2.08. The number of hydrogen-bond donors (Lipinski definition) is 2. The molecule has 7 nitrogen and oxygen atoms in total. The van der Waals surface area contributed by atoms with Crippen LogP contribution in [-0.2, 0) is 17.1 Å². The van der Waals surface area contributed by atoms with Crippen molar-refractivity contribution >= 4 is 27.5 Å². The Kier molecular flexibility index (Phi) is 4.02. The fourth-order valence-electron chi connectivity index (χ4n) is 1.46. The highest BCUT2D eigenvalue weighted by Crippen LogP contribution is 2.32. The Balaban J connectivity index is 2.42. The maximum Gasteiger partial charge on any atom is 0.240 e. The molecule has 2 rings (SSSR count). The number of hydrogen-bond acceptors (Lipinski definition) is 6. The van der Waals surface area contributed by atoms with E-state index in [4.69, 9.17) is 5.73 Å². The van der Waals surface area contributed by atoms with Crippen LogP contribution >= 0.6 is 11.8 Å². The molecule has 0 saturated carbocycles. The number of sulfonamides is 1. The Labute approximate surface area is 121 Å². The highest BCUT2D eigenvalue weighted by Gasteiger charge is 2.15. The van der Waals surface area contributed by atoms with E-state index in [0.29, 0.717) is 15.7 Å². The molecule has 20 heavy (non-hydrogen) atoms. The predicted octanol–water partition coefficient (Wildman–Crippen LogP) is 0.765. The van der Waals surface area contributed by atoms with E-state index in [1.165, 1.54) is 30.9 Å². The minimum Gasteiger partial charge on any atom is -0.398 e. The summed E-state index contributed by atoms with van der Waals surface area (Å²) in [6.45, 7) is 1.84. The lowest BCUT2D eigenvalue weighted by Crippen LogP contribution is -2.18. The van der Waals surface area contributed by atoms with Crippen molar-refractivity contribution in [1.29, 1.82) is 0 Å². The van der Waals surface area contributed by atoms with E-state index in [9.17, 15) is 8.42 Å². The molecule has 108 valence electrons. The number of rotatable bonds is 4. The first kappa shape index (κ1) is 14.8. The normalized spacial score (nSPS) is 11.8. The van der Waals surface area contributed by atoms with Gasteiger partial charge in [0, 0.05) is 17.6 Å². The molecule has 0 spiro atoms. The molecule has 9 heteroatoms. The zero-order chi connectivity index (χ0) is 14.9. The van der Waals surface area contributed by atoms with Gasteiger partial charge in [-0.25, -0.2) is 13.1 Å². The van der Waals surface area contributed by atoms with Crippen LogP contribution in [0.3, 0.4) is 0 Å². The van der Waals surface area contributed by atoms with E-state index < -0.39 is 10.0 Å². The maximum atomic E-state index is 11.8. The van der Waals surface area contributed by atoms with Gasteiger partial charge in [-0.3, -0.25) is 0 Å². The van der Waals surface area contributed by atoms with E-state index in [2.05, 4.69) is 14.9 Å². The lowest BCUT2D eigenvalue weighted by molar-refractivity contribution is 0.588. The van der Waals surface area contributed by atoms with Crippen LogP contribution in [0.25, 0.3) is 0 Å². The van der Waals surface area contributed by atoms with Crippen LogP contribution in [0, 0.1) is 6.92 Å². The summed E-state index contributed by atoms with van der Waals surface area (Å²) in [6, 6.07) is 4.55. The molecule has 0 amide bonds. The fourth-order valence-corrected chi connectivity index (χ4v) is 3.21. The molecule has 0 fully saturated rings. The molecule has 2 aromatic rings. The number of aryl methyl sites for hydroxylation is 1. The Morgan fingerprint density at radius 1 is 1.35 bits per heavy atom. The van der Waals surface area contributed by atoms with Gasteiger partial charge in [0.25, 0.3) is 0 Å². The molecule has 0 aliphatic carbocycles. The summed E-state index contributed by atoms with van der Waals surface area (Å²) in [4.78, 5) is 0.785. The molecule has 0 unspecified atom stereocenters. The van der Waals surface area contributed by atoms with Crippen molar-refractivity contribution in [3.05, 3.63) is 24.0 Å². The number of benzene rings is 1. The Bertz CT molecular complexity index is 739. The number of nitrogens with one attached hydrogen (secondary N) is 1. The van der Waals surface area contributed by atoms with Crippen molar-refractivity contribution in [1.82, 2.24) is 19.5 Å². The van der Waals surface area contributed by atoms with Crippen LogP contribution in [0.1, 0.15) is 5.82 Å². The second-order valence-corrected chi connectivity index (χ2v) is 6.99. The van der Waals surface area contributed by atoms with Gasteiger partial charge in [-0.05, 0) is 43.9 Å². The third-order valence-electron chi connectivity index (χ3n) is 2.82. The summed E-state index contributed by atoms with van der Waals surface area (Å²) < 4.78 is 27.7. The number of anilines is 1. The van der Waals surface area contributed by atoms with Gasteiger partial charge in [-0.1, -0.05) is 0 Å². The molecule has 0 bridgehead atoms. The smallest absolute Gasteiger partial charge is 0.240 e. The first-order valence-corrected chi connectivity index (χ1v) is 8.02. The van der Waals surface area contributed by atoms with E-state index in [1.807, 2.05) is 18.5 Å². The summed E-state index contributed by atoms with van der Waals surface area (Å²) >= 11 is 1.27. The third-order valence-corrected chi connectivity index (χ3v) is 5.34. The second kappa shape index (κ2) is 5.43. The van der Waals surface area contributed by atoms with Gasteiger partial charge in [0.2, 0.25) is 10.0 Å². The minimum atomic E-state index is -3.50. The number of nitrogen functional groups attached to an aromatic ring is 1. The maximum absolute atomic E-state index is 11.8. The van der Waals surface area contributed by atoms with Crippen molar-refractivity contribution < 1.29 is 8.42 Å². The van der Waals surface area contributed by atoms with Gasteiger partial charge in [0.15, 0.2) is 5.16 Å². The fraction of sp³-hybridized carbons (Fsp3) is 0.273. The van der Waals surface area contributed by atoms with Crippen LogP contribution in [0.4, 0.5) is 5.69 Å². The molecule has 0 radical (unpaired) electrons. The van der Waals surface area contributed by atoms with E-state index in [0.717, 1.165) is 5.82 Å². The van der Waals surface area contributed by atoms with Crippen LogP contribution in [0.15, 0.2) is 33.1 Å². The van der Waals surface area contributed by atoms with E-state index in [-0.39, 0.29) is 4.90 Å². The third kappa shape index (κ3) is 2.79. The van der Waals surface area contributed by atoms with Gasteiger partial charge in [-0.2, -0.15) is 0 Å². The van der Waals surface area contributed by atoms with Gasteiger partial charge in [0.05, 0.1) is 4.90 Å². The molecule has 0 aliphatic rings. The molecule has 1 aromatic carbocycles. The van der Waals surface area contributed by atoms with Gasteiger partial charge >= 0.3 is 0 Å². The molecule has 0 atom stereocenters. The van der Waals surface area contributed by atoms with Gasteiger partial charge in [-0.15, -0.1) is 10.2 Å². The molecular formula is C11H15N5O2S2. The standard InChI is InChI=1S/C11H15N5O2S2/c1-7-14-15-11(16(7)3)19-10-6-8(4-5-9(10)12)20(17,18)13-2/h4-6,13H,12H2,1-3H3. The summed E-state index contributed by atoms with van der Waals surface area (Å²) in [6.07, 6.45) is 0. The minimum absolute atomic E-state index is 0.163. The topological polar surface area (TPSA) is 103 Å². The largest absolute Gasteiger partial charge is 0.398 e. The van der Waals surface area contributed by atoms with Crippen molar-refractivity contribution in [2.24, 2.45) is 7.05 Å². The van der Waals surface area contributed by atoms with Gasteiger partial charge < -0.3 is 10.3 Å². The van der Waals surface area contributed by atoms with Crippen LogP contribution < -0.4 is 10.5 Å². The van der Waals surface area contributed by atoms with Crippen molar-refractivity contribution in [3.8, 4) is 0 Å². The van der Waals surface area contributed by atoms with Crippen LogP contribution in [-0.4, -0.2) is 30.2 Å². The Morgan fingerprint density at radius 2 is 2.05 bits per heavy atom. The average molecular weight is 313 g/mol. The zero-order valence-electron chi connectivity index (χ0n) is 11.3. The molecular weight excluding hydrogens is 298 g/mol. The highest BCUT2D eigenvalue weighted by atomic mass is 32.2. The van der Waals surface area contributed by atoms with Crippen molar-refractivity contribution in [2.75, 3.05) is 12.8 Å². The molecule has 0 saturated heterocycles. The second-order valence-electron chi connectivity index (χ2n) is 4.10. The SMILES string of the molecule is CNS(=O)(=O)c1ccc(N)c(Sc2nnc(C)n2C)c1. The number of nitrogens with zero attached hydrogens (tertiary/aromatic N) is 3. The number of aromatic nitrogens is 3. The first-order chi connectivity index (χ1) is 9.35. The zero-order valence-corrected chi connectivity index (χ0v) is 12.9. The average Bonchev–Trinajstić information content (AvgIpc) is 2.73. The van der Waals surface area contributed by atoms with Crippen LogP contribution in [0.2, 0.25) is 0 Å². The lowest BCUT2D eigenvalue weighted by atomic mass is 10.3. The molecule has 0 aliphatic heterocycles. The Hall–Kier alpha value is -1.58. The van der Waals surface area contributed by atoms with Crippen LogP contribution in [0.5, 0.6) is 0 Å². The summed E-state index contributed by atoms with van der Waals surface area (Å²) in [5, 5.41) is 8.62. The van der Waals surface area contributed by atoms with Gasteiger partial charge in [0.1, 0.15) is 5.82 Å². The van der Waals surface area contributed by atoms with Crippen molar-refractivity contribution in [3.63, 3.8) is 0 Å². The molecule has 3 N–H and O–H groups in total. The summed E-state index contributed by atoms with van der Waals surface area (Å²) in [7, 11) is -0.295. The molecule has 1 heterocycles. The van der Waals surface area contributed by atoms with Crippen molar-refractivity contribution in [2.45, 2.75) is 21.9 Å². The first-order valence-electron chi connectivity index (χ1n) is 5.72. The van der Waals surface area contributed by atoms with E-state index >= 15 is 0 Å². The molecule has 1 aromatic heterocycles. The summed E-state index contributed by atoms with van der Waals surface area (Å²) in [5.41, 5.74) is 6.38. The Morgan fingerprint density at radius 3 is 2.60 bits per heavy atom. The monoisotopic (exact) mass is 313 g/mol. The predicted molar refractivity (Wildman–Crippen MR) is 77.0 cm³/mol. The van der Waals surface area contributed by atoms with E-state index in [1.54, 1.807) is 6.07 Å². The number of nitrogens with two attached hydrogens (primary N) is 1. The highest BCUT2D eigenvalue weighted by molar-refractivity contribution is 7.99. The summed E-state index contributed by atoms with van der Waals surface area (Å²) in [5.74, 6) is 0.769.